The molecule has 1 aromatic carbocycles. The van der Waals surface area contributed by atoms with E-state index in [1.165, 1.54) is 7.11 Å². The minimum absolute atomic E-state index is 0.388. The van der Waals surface area contributed by atoms with Crippen molar-refractivity contribution in [2.45, 2.75) is 0 Å². The van der Waals surface area contributed by atoms with Crippen LogP contribution >= 0.6 is 15.9 Å². The number of hydrogen-bond acceptors (Lipinski definition) is 4. The number of anilines is 1. The summed E-state index contributed by atoms with van der Waals surface area (Å²) in [6, 6.07) is 4.97. The second kappa shape index (κ2) is 5.47. The number of hydrazine groups is 1. The zero-order valence-corrected chi connectivity index (χ0v) is 10.00. The number of rotatable bonds is 2. The van der Waals surface area contributed by atoms with Crippen LogP contribution in [0.2, 0.25) is 0 Å². The lowest BCUT2D eigenvalue weighted by molar-refractivity contribution is -0.136. The molecule has 0 saturated carbocycles. The van der Waals surface area contributed by atoms with Gasteiger partial charge in [-0.25, -0.2) is 5.84 Å². The predicted molar refractivity (Wildman–Crippen MR) is 61.7 cm³/mol. The average Bonchev–Trinajstić information content (AvgIpc) is 2.30. The first-order valence-corrected chi connectivity index (χ1v) is 5.03. The fraction of sp³-hybridized carbons (Fsp3) is 0.111. The summed E-state index contributed by atoms with van der Waals surface area (Å²) in [6.07, 6.45) is 0. The third-order valence-corrected chi connectivity index (χ3v) is 2.24. The quantitative estimate of drug-likeness (QED) is 0.317. The molecule has 0 radical (unpaired) electrons. The monoisotopic (exact) mass is 287 g/mol. The Kier molecular flexibility index (Phi) is 4.27. The molecule has 4 N–H and O–H groups in total. The number of nitrogens with one attached hydrogen (secondary N) is 2. The highest BCUT2D eigenvalue weighted by atomic mass is 79.9. The highest BCUT2D eigenvalue weighted by Crippen LogP contribution is 2.27. The maximum atomic E-state index is 11.2. The van der Waals surface area contributed by atoms with E-state index in [0.717, 1.165) is 4.47 Å². The van der Waals surface area contributed by atoms with Crippen molar-refractivity contribution in [2.75, 3.05) is 12.4 Å². The van der Waals surface area contributed by atoms with E-state index in [1.807, 2.05) is 0 Å². The van der Waals surface area contributed by atoms with Gasteiger partial charge in [0.15, 0.2) is 0 Å². The van der Waals surface area contributed by atoms with Gasteiger partial charge in [0.05, 0.1) is 12.8 Å². The van der Waals surface area contributed by atoms with Gasteiger partial charge < -0.3 is 10.1 Å². The molecule has 1 rings (SSSR count). The summed E-state index contributed by atoms with van der Waals surface area (Å²) in [5.74, 6) is 3.48. The molecular formula is C9H10BrN3O3. The van der Waals surface area contributed by atoms with Crippen molar-refractivity contribution in [1.29, 1.82) is 0 Å². The standard InChI is InChI=1S/C9H10BrN3O3/c1-16-7-4-5(10)2-3-6(7)12-8(14)9(15)13-11/h2-4H,11H2,1H3,(H,12,14)(H,13,15). The first-order chi connectivity index (χ1) is 7.58. The molecule has 0 aliphatic heterocycles. The van der Waals surface area contributed by atoms with Crippen LogP contribution in [-0.4, -0.2) is 18.9 Å². The summed E-state index contributed by atoms with van der Waals surface area (Å²) in [4.78, 5) is 22.1. The fourth-order valence-electron chi connectivity index (χ4n) is 1.01. The van der Waals surface area contributed by atoms with Crippen LogP contribution in [0.25, 0.3) is 0 Å². The van der Waals surface area contributed by atoms with Crippen LogP contribution in [0.5, 0.6) is 5.75 Å². The number of amides is 2. The Bertz CT molecular complexity index is 422. The van der Waals surface area contributed by atoms with Gasteiger partial charge >= 0.3 is 11.8 Å². The third-order valence-electron chi connectivity index (χ3n) is 1.75. The Hall–Kier alpha value is -1.60. The molecule has 0 spiro atoms. The molecule has 0 heterocycles. The molecule has 6 nitrogen and oxygen atoms in total. The highest BCUT2D eigenvalue weighted by Gasteiger charge is 2.14. The topological polar surface area (TPSA) is 93.4 Å². The van der Waals surface area contributed by atoms with Gasteiger partial charge in [-0.3, -0.25) is 15.0 Å². The Balaban J connectivity index is 2.89. The van der Waals surface area contributed by atoms with Gasteiger partial charge in [-0.05, 0) is 18.2 Å². The van der Waals surface area contributed by atoms with E-state index in [0.29, 0.717) is 11.4 Å². The van der Waals surface area contributed by atoms with Crippen molar-refractivity contribution in [3.8, 4) is 5.75 Å². The van der Waals surface area contributed by atoms with Crippen LogP contribution in [0.15, 0.2) is 22.7 Å². The van der Waals surface area contributed by atoms with Crippen molar-refractivity contribution < 1.29 is 14.3 Å². The zero-order chi connectivity index (χ0) is 12.1. The first-order valence-electron chi connectivity index (χ1n) is 4.24. The molecule has 0 fully saturated rings. The lowest BCUT2D eigenvalue weighted by Gasteiger charge is -2.09. The second-order valence-corrected chi connectivity index (χ2v) is 3.69. The SMILES string of the molecule is COc1cc(Br)ccc1NC(=O)C(=O)NN. The number of hydrogen-bond donors (Lipinski definition) is 3. The summed E-state index contributed by atoms with van der Waals surface area (Å²) in [5, 5.41) is 2.36. The van der Waals surface area contributed by atoms with Crippen LogP contribution in [0.3, 0.4) is 0 Å². The fourth-order valence-corrected chi connectivity index (χ4v) is 1.35. The Labute approximate surface area is 100 Å². The van der Waals surface area contributed by atoms with E-state index in [1.54, 1.807) is 23.6 Å². The summed E-state index contributed by atoms with van der Waals surface area (Å²) >= 11 is 3.25. The molecule has 0 aromatic heterocycles. The number of nitrogens with two attached hydrogens (primary N) is 1. The van der Waals surface area contributed by atoms with E-state index in [-0.39, 0.29) is 0 Å². The molecule has 2 amide bonds. The van der Waals surface area contributed by atoms with Crippen molar-refractivity contribution in [2.24, 2.45) is 5.84 Å². The van der Waals surface area contributed by atoms with Crippen LogP contribution in [0.4, 0.5) is 5.69 Å². The van der Waals surface area contributed by atoms with Gasteiger partial charge in [0.2, 0.25) is 0 Å². The molecule has 0 bridgehead atoms. The Morgan fingerprint density at radius 3 is 2.62 bits per heavy atom. The molecule has 86 valence electrons. The van der Waals surface area contributed by atoms with Crippen molar-refractivity contribution in [3.05, 3.63) is 22.7 Å². The second-order valence-electron chi connectivity index (χ2n) is 2.77. The maximum absolute atomic E-state index is 11.2. The molecule has 0 atom stereocenters. The van der Waals surface area contributed by atoms with Crippen LogP contribution in [0.1, 0.15) is 0 Å². The van der Waals surface area contributed by atoms with Gasteiger partial charge in [-0.2, -0.15) is 0 Å². The molecule has 0 unspecified atom stereocenters. The lowest BCUT2D eigenvalue weighted by Crippen LogP contribution is -2.39. The smallest absolute Gasteiger partial charge is 0.323 e. The molecule has 7 heteroatoms. The highest BCUT2D eigenvalue weighted by molar-refractivity contribution is 9.10. The molecule has 0 saturated heterocycles. The van der Waals surface area contributed by atoms with E-state index in [4.69, 9.17) is 10.6 Å². The van der Waals surface area contributed by atoms with E-state index < -0.39 is 11.8 Å². The number of benzene rings is 1. The number of methoxy groups -OCH3 is 1. The number of halogens is 1. The van der Waals surface area contributed by atoms with E-state index in [9.17, 15) is 9.59 Å². The summed E-state index contributed by atoms with van der Waals surface area (Å²) in [5.41, 5.74) is 2.12. The summed E-state index contributed by atoms with van der Waals surface area (Å²) < 4.78 is 5.83. The van der Waals surface area contributed by atoms with Gasteiger partial charge in [0, 0.05) is 4.47 Å². The first kappa shape index (κ1) is 12.5. The number of ether oxygens (including phenoxy) is 1. The van der Waals surface area contributed by atoms with Crippen LogP contribution in [0, 0.1) is 0 Å². The van der Waals surface area contributed by atoms with Crippen molar-refractivity contribution in [1.82, 2.24) is 5.43 Å². The van der Waals surface area contributed by atoms with Gasteiger partial charge in [0.25, 0.3) is 0 Å². The lowest BCUT2D eigenvalue weighted by atomic mass is 10.3. The molecule has 0 aliphatic rings. The molecular weight excluding hydrogens is 278 g/mol. The minimum atomic E-state index is -0.926. The number of carbonyl (C=O) groups excluding carboxylic acids is 2. The predicted octanol–water partition coefficient (Wildman–Crippen LogP) is 0.386. The average molecular weight is 288 g/mol. The van der Waals surface area contributed by atoms with Gasteiger partial charge in [0.1, 0.15) is 5.75 Å². The summed E-state index contributed by atoms with van der Waals surface area (Å²) in [6.45, 7) is 0. The van der Waals surface area contributed by atoms with Crippen molar-refractivity contribution >= 4 is 33.4 Å². The summed E-state index contributed by atoms with van der Waals surface area (Å²) in [7, 11) is 1.46. The van der Waals surface area contributed by atoms with Crippen LogP contribution < -0.4 is 21.3 Å². The normalized spacial score (nSPS) is 9.44. The van der Waals surface area contributed by atoms with Crippen LogP contribution in [-0.2, 0) is 9.59 Å². The maximum Gasteiger partial charge on any atom is 0.323 e. The van der Waals surface area contributed by atoms with E-state index >= 15 is 0 Å². The van der Waals surface area contributed by atoms with E-state index in [2.05, 4.69) is 21.2 Å². The number of carbonyl (C=O) groups is 2. The molecule has 1 aromatic rings. The molecule has 16 heavy (non-hydrogen) atoms. The van der Waals surface area contributed by atoms with Crippen molar-refractivity contribution in [3.63, 3.8) is 0 Å². The third kappa shape index (κ3) is 2.94. The molecule has 0 aliphatic carbocycles. The van der Waals surface area contributed by atoms with Gasteiger partial charge in [-0.1, -0.05) is 15.9 Å². The Morgan fingerprint density at radius 1 is 1.38 bits per heavy atom. The minimum Gasteiger partial charge on any atom is -0.495 e. The van der Waals surface area contributed by atoms with Gasteiger partial charge in [-0.15, -0.1) is 0 Å². The zero-order valence-electron chi connectivity index (χ0n) is 8.41. The Morgan fingerprint density at radius 2 is 2.06 bits per heavy atom. The largest absolute Gasteiger partial charge is 0.495 e.